The van der Waals surface area contributed by atoms with Crippen molar-refractivity contribution in [3.63, 3.8) is 0 Å². The molecule has 1 heterocycles. The number of benzene rings is 1. The molecule has 0 amide bonds. The van der Waals surface area contributed by atoms with Gasteiger partial charge in [-0.3, -0.25) is 0 Å². The molecule has 0 bridgehead atoms. The fourth-order valence-electron chi connectivity index (χ4n) is 2.00. The zero-order valence-electron chi connectivity index (χ0n) is 11.3. The lowest BCUT2D eigenvalue weighted by molar-refractivity contribution is 0.353. The van der Waals surface area contributed by atoms with Gasteiger partial charge in [0.15, 0.2) is 0 Å². The van der Waals surface area contributed by atoms with Crippen LogP contribution in [0.15, 0.2) is 18.2 Å². The van der Waals surface area contributed by atoms with Crippen molar-refractivity contribution in [1.82, 2.24) is 9.97 Å². The Morgan fingerprint density at radius 1 is 0.947 bits per heavy atom. The van der Waals surface area contributed by atoms with Crippen molar-refractivity contribution in [1.29, 1.82) is 0 Å². The lowest BCUT2D eigenvalue weighted by atomic mass is 10.0. The maximum absolute atomic E-state index is 6.22. The molecule has 0 aliphatic heterocycles. The molecule has 1 aromatic carbocycles. The Morgan fingerprint density at radius 3 is 2.11 bits per heavy atom. The van der Waals surface area contributed by atoms with E-state index in [0.717, 1.165) is 16.7 Å². The Bertz CT molecular complexity index is 594. The van der Waals surface area contributed by atoms with Gasteiger partial charge in [-0.25, -0.2) is 0 Å². The Morgan fingerprint density at radius 2 is 1.58 bits per heavy atom. The standard InChI is InChI=1S/C14H15ClN2O2/c1-8-5-9(2)7-10(6-8)11-12(15)16-14(19-4)17-13(11)18-3/h5-7H,1-4H3. The number of methoxy groups -OCH3 is 2. The van der Waals surface area contributed by atoms with Gasteiger partial charge in [-0.05, 0) is 19.4 Å². The van der Waals surface area contributed by atoms with Gasteiger partial charge in [0.25, 0.3) is 0 Å². The predicted octanol–water partition coefficient (Wildman–Crippen LogP) is 3.43. The van der Waals surface area contributed by atoms with E-state index in [1.54, 1.807) is 7.11 Å². The van der Waals surface area contributed by atoms with Crippen molar-refractivity contribution in [3.05, 3.63) is 34.5 Å². The van der Waals surface area contributed by atoms with Crippen molar-refractivity contribution in [2.24, 2.45) is 0 Å². The van der Waals surface area contributed by atoms with Gasteiger partial charge >= 0.3 is 6.01 Å². The summed E-state index contributed by atoms with van der Waals surface area (Å²) < 4.78 is 10.3. The van der Waals surface area contributed by atoms with Crippen LogP contribution in [0, 0.1) is 13.8 Å². The molecular formula is C14H15ClN2O2. The van der Waals surface area contributed by atoms with Gasteiger partial charge in [0.05, 0.1) is 19.8 Å². The van der Waals surface area contributed by atoms with E-state index in [-0.39, 0.29) is 6.01 Å². The van der Waals surface area contributed by atoms with E-state index >= 15 is 0 Å². The summed E-state index contributed by atoms with van der Waals surface area (Å²) in [6.07, 6.45) is 0. The second-order valence-electron chi connectivity index (χ2n) is 4.26. The van der Waals surface area contributed by atoms with Crippen LogP contribution >= 0.6 is 11.6 Å². The fraction of sp³-hybridized carbons (Fsp3) is 0.286. The van der Waals surface area contributed by atoms with Crippen LogP contribution in [0.2, 0.25) is 5.15 Å². The van der Waals surface area contributed by atoms with Gasteiger partial charge in [0, 0.05) is 0 Å². The fourth-order valence-corrected chi connectivity index (χ4v) is 2.26. The van der Waals surface area contributed by atoms with Gasteiger partial charge in [0.1, 0.15) is 5.15 Å². The average molecular weight is 279 g/mol. The summed E-state index contributed by atoms with van der Waals surface area (Å²) in [5.74, 6) is 0.404. The highest BCUT2D eigenvalue weighted by molar-refractivity contribution is 6.32. The molecular weight excluding hydrogens is 264 g/mol. The lowest BCUT2D eigenvalue weighted by Gasteiger charge is -2.11. The van der Waals surface area contributed by atoms with Crippen LogP contribution in [0.25, 0.3) is 11.1 Å². The van der Waals surface area contributed by atoms with E-state index < -0.39 is 0 Å². The largest absolute Gasteiger partial charge is 0.480 e. The quantitative estimate of drug-likeness (QED) is 0.807. The number of nitrogens with zero attached hydrogens (tertiary/aromatic N) is 2. The monoisotopic (exact) mass is 278 g/mol. The first-order chi connectivity index (χ1) is 9.05. The molecule has 100 valence electrons. The van der Waals surface area contributed by atoms with Crippen LogP contribution < -0.4 is 9.47 Å². The summed E-state index contributed by atoms with van der Waals surface area (Å²) in [5.41, 5.74) is 3.90. The number of aromatic nitrogens is 2. The van der Waals surface area contributed by atoms with Gasteiger partial charge in [-0.1, -0.05) is 40.9 Å². The Balaban J connectivity index is 2.66. The molecule has 0 aliphatic carbocycles. The Kier molecular flexibility index (Phi) is 3.90. The van der Waals surface area contributed by atoms with Crippen molar-refractivity contribution in [3.8, 4) is 23.0 Å². The zero-order chi connectivity index (χ0) is 14.0. The zero-order valence-corrected chi connectivity index (χ0v) is 12.1. The van der Waals surface area contributed by atoms with Gasteiger partial charge < -0.3 is 9.47 Å². The SMILES string of the molecule is COc1nc(Cl)c(-c2cc(C)cc(C)c2)c(OC)n1. The minimum absolute atomic E-state index is 0.190. The van der Waals surface area contributed by atoms with Gasteiger partial charge in [-0.15, -0.1) is 0 Å². The highest BCUT2D eigenvalue weighted by Gasteiger charge is 2.16. The third-order valence-corrected chi connectivity index (χ3v) is 2.97. The van der Waals surface area contributed by atoms with Crippen LogP contribution in [0.4, 0.5) is 0 Å². The maximum Gasteiger partial charge on any atom is 0.320 e. The summed E-state index contributed by atoms with van der Waals surface area (Å²) in [4.78, 5) is 8.25. The Labute approximate surface area is 117 Å². The summed E-state index contributed by atoms with van der Waals surface area (Å²) in [7, 11) is 3.03. The highest BCUT2D eigenvalue weighted by Crippen LogP contribution is 2.36. The highest BCUT2D eigenvalue weighted by atomic mass is 35.5. The second-order valence-corrected chi connectivity index (χ2v) is 4.62. The average Bonchev–Trinajstić information content (AvgIpc) is 2.36. The summed E-state index contributed by atoms with van der Waals surface area (Å²) in [6.45, 7) is 4.06. The molecule has 2 rings (SSSR count). The van der Waals surface area contributed by atoms with Crippen LogP contribution in [0.5, 0.6) is 11.9 Å². The number of halogens is 1. The van der Waals surface area contributed by atoms with Crippen LogP contribution in [0.3, 0.4) is 0 Å². The van der Waals surface area contributed by atoms with Crippen molar-refractivity contribution >= 4 is 11.6 Å². The topological polar surface area (TPSA) is 44.2 Å². The van der Waals surface area contributed by atoms with Crippen LogP contribution in [-0.4, -0.2) is 24.2 Å². The minimum atomic E-state index is 0.190. The smallest absolute Gasteiger partial charge is 0.320 e. The molecule has 19 heavy (non-hydrogen) atoms. The third-order valence-electron chi connectivity index (χ3n) is 2.70. The van der Waals surface area contributed by atoms with Crippen molar-refractivity contribution < 1.29 is 9.47 Å². The van der Waals surface area contributed by atoms with Crippen LogP contribution in [0.1, 0.15) is 11.1 Å². The summed E-state index contributed by atoms with van der Waals surface area (Å²) >= 11 is 6.22. The molecule has 0 fully saturated rings. The van der Waals surface area contributed by atoms with E-state index in [1.807, 2.05) is 26.0 Å². The van der Waals surface area contributed by atoms with E-state index in [0.29, 0.717) is 16.6 Å². The first-order valence-electron chi connectivity index (χ1n) is 5.79. The number of ether oxygens (including phenoxy) is 2. The molecule has 0 unspecified atom stereocenters. The molecule has 1 aromatic heterocycles. The minimum Gasteiger partial charge on any atom is -0.480 e. The first-order valence-corrected chi connectivity index (χ1v) is 6.17. The lowest BCUT2D eigenvalue weighted by Crippen LogP contribution is -1.99. The molecule has 0 saturated heterocycles. The normalized spacial score (nSPS) is 10.4. The number of hydrogen-bond acceptors (Lipinski definition) is 4. The summed E-state index contributed by atoms with van der Waals surface area (Å²) in [6, 6.07) is 6.32. The molecule has 0 saturated carbocycles. The van der Waals surface area contributed by atoms with E-state index in [2.05, 4.69) is 16.0 Å². The molecule has 0 N–H and O–H groups in total. The van der Waals surface area contributed by atoms with Crippen LogP contribution in [-0.2, 0) is 0 Å². The molecule has 0 aliphatic rings. The third kappa shape index (κ3) is 2.79. The molecule has 0 atom stereocenters. The van der Waals surface area contributed by atoms with Crippen molar-refractivity contribution in [2.45, 2.75) is 13.8 Å². The van der Waals surface area contributed by atoms with E-state index in [9.17, 15) is 0 Å². The molecule has 4 nitrogen and oxygen atoms in total. The molecule has 0 spiro atoms. The van der Waals surface area contributed by atoms with E-state index in [1.165, 1.54) is 7.11 Å². The number of aryl methyl sites for hydroxylation is 2. The first kappa shape index (κ1) is 13.6. The molecule has 0 radical (unpaired) electrons. The van der Waals surface area contributed by atoms with E-state index in [4.69, 9.17) is 21.1 Å². The molecule has 5 heteroatoms. The molecule has 2 aromatic rings. The number of rotatable bonds is 3. The summed E-state index contributed by atoms with van der Waals surface area (Å²) in [5, 5.41) is 0.314. The van der Waals surface area contributed by atoms with Gasteiger partial charge in [-0.2, -0.15) is 9.97 Å². The maximum atomic E-state index is 6.22. The Hall–Kier alpha value is -1.81. The van der Waals surface area contributed by atoms with Gasteiger partial charge in [0.2, 0.25) is 5.88 Å². The number of hydrogen-bond donors (Lipinski definition) is 0. The predicted molar refractivity (Wildman–Crippen MR) is 75.1 cm³/mol. The second kappa shape index (κ2) is 5.45. The van der Waals surface area contributed by atoms with Crippen molar-refractivity contribution in [2.75, 3.05) is 14.2 Å².